The first-order valence-electron chi connectivity index (χ1n) is 3.26. The maximum atomic E-state index is 13.2. The lowest BCUT2D eigenvalue weighted by Gasteiger charge is -2.06. The number of nitriles is 1. The largest absolute Gasteiger partial charge is 0.504 e. The van der Waals surface area contributed by atoms with Gasteiger partial charge in [0.1, 0.15) is 11.6 Å². The van der Waals surface area contributed by atoms with Crippen molar-refractivity contribution in [2.24, 2.45) is 0 Å². The van der Waals surface area contributed by atoms with E-state index in [0.717, 1.165) is 6.07 Å². The number of methoxy groups -OCH3 is 1. The smallest absolute Gasteiger partial charge is 0.181 e. The maximum Gasteiger partial charge on any atom is 0.181 e. The van der Waals surface area contributed by atoms with Crippen LogP contribution >= 0.6 is 15.9 Å². The van der Waals surface area contributed by atoms with Crippen molar-refractivity contribution in [3.05, 3.63) is 21.9 Å². The van der Waals surface area contributed by atoms with Gasteiger partial charge < -0.3 is 9.84 Å². The second kappa shape index (κ2) is 3.62. The molecule has 1 aromatic rings. The fourth-order valence-electron chi connectivity index (χ4n) is 0.903. The standard InChI is InChI=1S/C8H5BrFNO2/c1-13-8-4(3-11)7(10)5(9)2-6(8)12/h2,12H,1H3. The Morgan fingerprint density at radius 1 is 1.69 bits per heavy atom. The fraction of sp³-hybridized carbons (Fsp3) is 0.125. The van der Waals surface area contributed by atoms with Gasteiger partial charge >= 0.3 is 0 Å². The molecule has 68 valence electrons. The first kappa shape index (κ1) is 9.81. The van der Waals surface area contributed by atoms with Crippen LogP contribution < -0.4 is 4.74 Å². The minimum absolute atomic E-state index is 0.0300. The number of aromatic hydroxyl groups is 1. The highest BCUT2D eigenvalue weighted by molar-refractivity contribution is 9.10. The SMILES string of the molecule is COc1c(O)cc(Br)c(F)c1C#N. The van der Waals surface area contributed by atoms with E-state index in [0.29, 0.717) is 0 Å². The summed E-state index contributed by atoms with van der Waals surface area (Å²) < 4.78 is 17.9. The van der Waals surface area contributed by atoms with E-state index < -0.39 is 5.82 Å². The van der Waals surface area contributed by atoms with Crippen molar-refractivity contribution >= 4 is 15.9 Å². The van der Waals surface area contributed by atoms with E-state index in [4.69, 9.17) is 5.26 Å². The molecule has 1 N–H and O–H groups in total. The Morgan fingerprint density at radius 2 is 2.31 bits per heavy atom. The van der Waals surface area contributed by atoms with Crippen LogP contribution in [0.15, 0.2) is 10.5 Å². The average molecular weight is 246 g/mol. The molecule has 0 saturated carbocycles. The van der Waals surface area contributed by atoms with Gasteiger partial charge in [0.2, 0.25) is 0 Å². The molecule has 0 bridgehead atoms. The van der Waals surface area contributed by atoms with E-state index in [1.54, 1.807) is 6.07 Å². The van der Waals surface area contributed by atoms with Gasteiger partial charge in [-0.3, -0.25) is 0 Å². The predicted octanol–water partition coefficient (Wildman–Crippen LogP) is 2.17. The van der Waals surface area contributed by atoms with E-state index in [1.165, 1.54) is 7.11 Å². The van der Waals surface area contributed by atoms with Gasteiger partial charge in [-0.05, 0) is 15.9 Å². The average Bonchev–Trinajstić information content (AvgIpc) is 2.10. The zero-order chi connectivity index (χ0) is 10.0. The molecule has 3 nitrogen and oxygen atoms in total. The third-order valence-corrected chi connectivity index (χ3v) is 2.05. The van der Waals surface area contributed by atoms with E-state index in [2.05, 4.69) is 20.7 Å². The Kier molecular flexibility index (Phi) is 2.73. The zero-order valence-corrected chi connectivity index (χ0v) is 8.22. The van der Waals surface area contributed by atoms with Gasteiger partial charge in [-0.25, -0.2) is 4.39 Å². The Balaban J connectivity index is 3.53. The third kappa shape index (κ3) is 1.58. The number of ether oxygens (including phenoxy) is 1. The number of rotatable bonds is 1. The molecule has 0 aromatic heterocycles. The summed E-state index contributed by atoms with van der Waals surface area (Å²) in [6.45, 7) is 0. The number of nitrogens with zero attached hydrogens (tertiary/aromatic N) is 1. The van der Waals surface area contributed by atoms with Crippen molar-refractivity contribution in [3.8, 4) is 17.6 Å². The summed E-state index contributed by atoms with van der Waals surface area (Å²) in [7, 11) is 1.25. The summed E-state index contributed by atoms with van der Waals surface area (Å²) in [4.78, 5) is 0. The molecule has 0 spiro atoms. The number of phenolic OH excluding ortho intramolecular Hbond substituents is 1. The van der Waals surface area contributed by atoms with Crippen LogP contribution in [0.25, 0.3) is 0 Å². The van der Waals surface area contributed by atoms with Crippen LogP contribution in [0.3, 0.4) is 0 Å². The Morgan fingerprint density at radius 3 is 2.77 bits per heavy atom. The van der Waals surface area contributed by atoms with Gasteiger partial charge in [0.25, 0.3) is 0 Å². The van der Waals surface area contributed by atoms with Crippen LogP contribution in [0, 0.1) is 17.1 Å². The molecule has 0 radical (unpaired) electrons. The van der Waals surface area contributed by atoms with Gasteiger partial charge in [0, 0.05) is 6.07 Å². The molecule has 0 fully saturated rings. The number of hydrogen-bond donors (Lipinski definition) is 1. The van der Waals surface area contributed by atoms with Gasteiger partial charge in [-0.2, -0.15) is 5.26 Å². The summed E-state index contributed by atoms with van der Waals surface area (Å²) in [6, 6.07) is 2.74. The number of halogens is 2. The first-order chi connectivity index (χ1) is 6.11. The van der Waals surface area contributed by atoms with Crippen LogP contribution in [0.1, 0.15) is 5.56 Å². The van der Waals surface area contributed by atoms with Crippen molar-refractivity contribution in [1.29, 1.82) is 5.26 Å². The van der Waals surface area contributed by atoms with Crippen molar-refractivity contribution in [2.75, 3.05) is 7.11 Å². The van der Waals surface area contributed by atoms with Crippen LogP contribution in [0.4, 0.5) is 4.39 Å². The monoisotopic (exact) mass is 245 g/mol. The number of phenols is 1. The van der Waals surface area contributed by atoms with Crippen LogP contribution in [-0.2, 0) is 0 Å². The molecule has 0 amide bonds. The lowest BCUT2D eigenvalue weighted by atomic mass is 10.2. The topological polar surface area (TPSA) is 53.2 Å². The summed E-state index contributed by atoms with van der Waals surface area (Å²) in [5.41, 5.74) is -0.311. The first-order valence-corrected chi connectivity index (χ1v) is 4.06. The van der Waals surface area contributed by atoms with Gasteiger partial charge in [-0.1, -0.05) is 0 Å². The summed E-state index contributed by atoms with van der Waals surface area (Å²) >= 11 is 2.86. The zero-order valence-electron chi connectivity index (χ0n) is 6.64. The summed E-state index contributed by atoms with van der Waals surface area (Å²) in [5.74, 6) is -1.16. The third-order valence-electron chi connectivity index (χ3n) is 1.47. The van der Waals surface area contributed by atoms with Crippen molar-refractivity contribution in [3.63, 3.8) is 0 Å². The molecule has 13 heavy (non-hydrogen) atoms. The highest BCUT2D eigenvalue weighted by Crippen LogP contribution is 2.35. The van der Waals surface area contributed by atoms with Crippen molar-refractivity contribution in [1.82, 2.24) is 0 Å². The number of benzene rings is 1. The minimum Gasteiger partial charge on any atom is -0.504 e. The molecular formula is C8H5BrFNO2. The predicted molar refractivity (Wildman–Crippen MR) is 47.0 cm³/mol. The lowest BCUT2D eigenvalue weighted by molar-refractivity contribution is 0.368. The second-order valence-corrected chi connectivity index (χ2v) is 3.07. The number of hydrogen-bond acceptors (Lipinski definition) is 3. The van der Waals surface area contributed by atoms with Crippen molar-refractivity contribution < 1.29 is 14.2 Å². The summed E-state index contributed by atoms with van der Waals surface area (Å²) in [5, 5.41) is 17.8. The molecular weight excluding hydrogens is 241 g/mol. The Hall–Kier alpha value is -1.28. The maximum absolute atomic E-state index is 13.2. The Bertz CT molecular complexity index is 387. The highest BCUT2D eigenvalue weighted by atomic mass is 79.9. The quantitative estimate of drug-likeness (QED) is 0.826. The molecule has 0 aliphatic rings. The highest BCUT2D eigenvalue weighted by Gasteiger charge is 2.17. The molecule has 5 heteroatoms. The van der Waals surface area contributed by atoms with E-state index in [9.17, 15) is 9.50 Å². The van der Waals surface area contributed by atoms with Crippen LogP contribution in [0.5, 0.6) is 11.5 Å². The molecule has 1 aromatic carbocycles. The van der Waals surface area contributed by atoms with E-state index in [1.807, 2.05) is 0 Å². The lowest BCUT2D eigenvalue weighted by Crippen LogP contribution is -1.93. The van der Waals surface area contributed by atoms with E-state index in [-0.39, 0.29) is 21.5 Å². The molecule has 0 aliphatic carbocycles. The fourth-order valence-corrected chi connectivity index (χ4v) is 1.32. The molecule has 0 unspecified atom stereocenters. The van der Waals surface area contributed by atoms with Crippen LogP contribution in [0.2, 0.25) is 0 Å². The van der Waals surface area contributed by atoms with Crippen molar-refractivity contribution in [2.45, 2.75) is 0 Å². The van der Waals surface area contributed by atoms with Crippen LogP contribution in [-0.4, -0.2) is 12.2 Å². The van der Waals surface area contributed by atoms with Gasteiger partial charge in [0.15, 0.2) is 17.3 Å². The molecule has 1 rings (SSSR count). The molecule has 0 heterocycles. The molecule has 0 saturated heterocycles. The minimum atomic E-state index is -0.739. The Labute approximate surface area is 82.5 Å². The van der Waals surface area contributed by atoms with E-state index >= 15 is 0 Å². The van der Waals surface area contributed by atoms with Gasteiger partial charge in [0.05, 0.1) is 11.6 Å². The van der Waals surface area contributed by atoms with Gasteiger partial charge in [-0.15, -0.1) is 0 Å². The normalized spacial score (nSPS) is 9.38. The molecule has 0 atom stereocenters. The molecule has 0 aliphatic heterocycles. The second-order valence-electron chi connectivity index (χ2n) is 2.21. The summed E-state index contributed by atoms with van der Waals surface area (Å²) in [6.07, 6.45) is 0.